The lowest BCUT2D eigenvalue weighted by Gasteiger charge is -2.00. The van der Waals surface area contributed by atoms with Crippen molar-refractivity contribution in [3.8, 4) is 0 Å². The lowest BCUT2D eigenvalue weighted by molar-refractivity contribution is 0.153. The number of H-pyrrole nitrogens is 1. The van der Waals surface area contributed by atoms with E-state index in [1.165, 1.54) is 6.20 Å². The number of nitrogens with one attached hydrogen (secondary N) is 1. The smallest absolute Gasteiger partial charge is 0.265 e. The summed E-state index contributed by atoms with van der Waals surface area (Å²) >= 11 is 0. The molecule has 74 valence electrons. The number of halogens is 2. The van der Waals surface area contributed by atoms with Crippen molar-refractivity contribution >= 4 is 10.9 Å². The summed E-state index contributed by atoms with van der Waals surface area (Å²) in [5, 5.41) is 0.638. The summed E-state index contributed by atoms with van der Waals surface area (Å²) in [5.74, 6) is 0. The summed E-state index contributed by atoms with van der Waals surface area (Å²) in [6, 6.07) is 5.50. The number of aryl methyl sites for hydroxylation is 1. The highest BCUT2D eigenvalue weighted by atomic mass is 19.3. The molecule has 3 heteroatoms. The first-order valence-electron chi connectivity index (χ1n) is 4.61. The first kappa shape index (κ1) is 9.19. The van der Waals surface area contributed by atoms with Gasteiger partial charge in [0.25, 0.3) is 6.43 Å². The highest BCUT2D eigenvalue weighted by molar-refractivity contribution is 5.86. The molecule has 0 amide bonds. The van der Waals surface area contributed by atoms with Crippen LogP contribution in [0.2, 0.25) is 0 Å². The highest BCUT2D eigenvalue weighted by Gasteiger charge is 2.13. The van der Waals surface area contributed by atoms with Crippen LogP contribution < -0.4 is 0 Å². The number of rotatable bonds is 2. The van der Waals surface area contributed by atoms with E-state index in [0.29, 0.717) is 5.39 Å². The van der Waals surface area contributed by atoms with Gasteiger partial charge in [0.05, 0.1) is 0 Å². The van der Waals surface area contributed by atoms with Crippen molar-refractivity contribution < 1.29 is 8.78 Å². The average molecular weight is 195 g/mol. The number of aromatic nitrogens is 1. The van der Waals surface area contributed by atoms with Gasteiger partial charge in [-0.25, -0.2) is 8.78 Å². The first-order chi connectivity index (χ1) is 6.74. The topological polar surface area (TPSA) is 15.8 Å². The molecular formula is C11H11F2N. The molecule has 1 aromatic carbocycles. The number of hydrogen-bond donors (Lipinski definition) is 1. The van der Waals surface area contributed by atoms with E-state index in [9.17, 15) is 8.78 Å². The zero-order valence-corrected chi connectivity index (χ0v) is 7.85. The zero-order chi connectivity index (χ0) is 10.1. The molecule has 0 spiro atoms. The van der Waals surface area contributed by atoms with E-state index in [0.717, 1.165) is 17.5 Å². The molecule has 0 aliphatic carbocycles. The fourth-order valence-corrected chi connectivity index (χ4v) is 1.71. The van der Waals surface area contributed by atoms with E-state index in [1.54, 1.807) is 6.07 Å². The minimum absolute atomic E-state index is 0.0929. The van der Waals surface area contributed by atoms with Gasteiger partial charge in [-0.3, -0.25) is 0 Å². The van der Waals surface area contributed by atoms with Gasteiger partial charge in [0.1, 0.15) is 0 Å². The summed E-state index contributed by atoms with van der Waals surface area (Å²) in [5.41, 5.74) is 2.01. The van der Waals surface area contributed by atoms with Crippen LogP contribution in [-0.4, -0.2) is 4.98 Å². The molecule has 2 rings (SSSR count). The fourth-order valence-electron chi connectivity index (χ4n) is 1.71. The summed E-state index contributed by atoms with van der Waals surface area (Å²) in [6.45, 7) is 2.01. The number of hydrogen-bond acceptors (Lipinski definition) is 0. The molecule has 0 saturated carbocycles. The molecule has 14 heavy (non-hydrogen) atoms. The van der Waals surface area contributed by atoms with Gasteiger partial charge in [0, 0.05) is 22.7 Å². The van der Waals surface area contributed by atoms with Gasteiger partial charge in [-0.05, 0) is 12.0 Å². The van der Waals surface area contributed by atoms with E-state index < -0.39 is 6.43 Å². The van der Waals surface area contributed by atoms with E-state index in [4.69, 9.17) is 0 Å². The van der Waals surface area contributed by atoms with Crippen LogP contribution in [0, 0.1) is 0 Å². The third kappa shape index (κ3) is 1.29. The Morgan fingerprint density at radius 2 is 2.14 bits per heavy atom. The third-order valence-electron chi connectivity index (χ3n) is 2.45. The van der Waals surface area contributed by atoms with Crippen LogP contribution in [0.15, 0.2) is 24.4 Å². The van der Waals surface area contributed by atoms with Crippen molar-refractivity contribution in [1.82, 2.24) is 4.98 Å². The number of aromatic amines is 1. The second-order valence-corrected chi connectivity index (χ2v) is 3.24. The standard InChI is InChI=1S/C11H11F2N/c1-2-7-4-3-5-8-9(11(12)13)6-14-10(7)8/h3-6,11,14H,2H2,1H3. The Kier molecular flexibility index (Phi) is 2.23. The van der Waals surface area contributed by atoms with Gasteiger partial charge in [-0.15, -0.1) is 0 Å². The second-order valence-electron chi connectivity index (χ2n) is 3.24. The van der Waals surface area contributed by atoms with E-state index in [-0.39, 0.29) is 5.56 Å². The molecule has 0 aliphatic rings. The van der Waals surface area contributed by atoms with E-state index in [2.05, 4.69) is 4.98 Å². The number of benzene rings is 1. The molecular weight excluding hydrogens is 184 g/mol. The van der Waals surface area contributed by atoms with Crippen LogP contribution in [0.5, 0.6) is 0 Å². The van der Waals surface area contributed by atoms with Gasteiger partial charge < -0.3 is 4.98 Å². The van der Waals surface area contributed by atoms with Crippen LogP contribution >= 0.6 is 0 Å². The largest absolute Gasteiger partial charge is 0.360 e. The molecule has 0 atom stereocenters. The molecule has 2 aromatic rings. The lowest BCUT2D eigenvalue weighted by atomic mass is 10.1. The van der Waals surface area contributed by atoms with Crippen molar-refractivity contribution in [2.45, 2.75) is 19.8 Å². The summed E-state index contributed by atoms with van der Waals surface area (Å²) in [4.78, 5) is 2.91. The quantitative estimate of drug-likeness (QED) is 0.752. The van der Waals surface area contributed by atoms with Crippen LogP contribution in [-0.2, 0) is 6.42 Å². The van der Waals surface area contributed by atoms with Crippen molar-refractivity contribution in [2.75, 3.05) is 0 Å². The monoisotopic (exact) mass is 195 g/mol. The van der Waals surface area contributed by atoms with Crippen molar-refractivity contribution in [3.63, 3.8) is 0 Å². The Hall–Kier alpha value is -1.38. The van der Waals surface area contributed by atoms with Crippen molar-refractivity contribution in [2.24, 2.45) is 0 Å². The minimum Gasteiger partial charge on any atom is -0.360 e. The van der Waals surface area contributed by atoms with Gasteiger partial charge >= 0.3 is 0 Å². The van der Waals surface area contributed by atoms with E-state index in [1.807, 2.05) is 19.1 Å². The predicted octanol–water partition coefficient (Wildman–Crippen LogP) is 3.67. The summed E-state index contributed by atoms with van der Waals surface area (Å²) in [6.07, 6.45) is -0.162. The van der Waals surface area contributed by atoms with Gasteiger partial charge in [-0.2, -0.15) is 0 Å². The molecule has 0 radical (unpaired) electrons. The van der Waals surface area contributed by atoms with Gasteiger partial charge in [0.15, 0.2) is 0 Å². The minimum atomic E-state index is -2.41. The van der Waals surface area contributed by atoms with Gasteiger partial charge in [-0.1, -0.05) is 25.1 Å². The molecule has 0 aliphatic heterocycles. The van der Waals surface area contributed by atoms with Crippen molar-refractivity contribution in [1.29, 1.82) is 0 Å². The average Bonchev–Trinajstić information content (AvgIpc) is 2.60. The Morgan fingerprint density at radius 1 is 1.36 bits per heavy atom. The van der Waals surface area contributed by atoms with Crippen LogP contribution in [0.1, 0.15) is 24.5 Å². The second kappa shape index (κ2) is 3.40. The molecule has 0 bridgehead atoms. The zero-order valence-electron chi connectivity index (χ0n) is 7.85. The Morgan fingerprint density at radius 3 is 2.79 bits per heavy atom. The maximum Gasteiger partial charge on any atom is 0.265 e. The van der Waals surface area contributed by atoms with Gasteiger partial charge in [0.2, 0.25) is 0 Å². The molecule has 0 unspecified atom stereocenters. The number of fused-ring (bicyclic) bond motifs is 1. The van der Waals surface area contributed by atoms with E-state index >= 15 is 0 Å². The molecule has 1 N–H and O–H groups in total. The van der Waals surface area contributed by atoms with Crippen LogP contribution in [0.4, 0.5) is 8.78 Å². The number of alkyl halides is 2. The number of para-hydroxylation sites is 1. The molecule has 1 aromatic heterocycles. The fraction of sp³-hybridized carbons (Fsp3) is 0.273. The highest BCUT2D eigenvalue weighted by Crippen LogP contribution is 2.29. The lowest BCUT2D eigenvalue weighted by Crippen LogP contribution is -1.83. The SMILES string of the molecule is CCc1cccc2c(C(F)F)c[nH]c12. The van der Waals surface area contributed by atoms with Crippen LogP contribution in [0.25, 0.3) is 10.9 Å². The Labute approximate surface area is 80.7 Å². The molecule has 0 saturated heterocycles. The third-order valence-corrected chi connectivity index (χ3v) is 2.45. The maximum absolute atomic E-state index is 12.5. The van der Waals surface area contributed by atoms with Crippen LogP contribution in [0.3, 0.4) is 0 Å². The first-order valence-corrected chi connectivity index (χ1v) is 4.61. The normalized spacial score (nSPS) is 11.4. The molecule has 0 fully saturated rings. The molecule has 1 nitrogen and oxygen atoms in total. The summed E-state index contributed by atoms with van der Waals surface area (Å²) in [7, 11) is 0. The Balaban J connectivity index is 2.69. The summed E-state index contributed by atoms with van der Waals surface area (Å²) < 4.78 is 25.1. The molecule has 1 heterocycles. The Bertz CT molecular complexity index is 445. The van der Waals surface area contributed by atoms with Crippen molar-refractivity contribution in [3.05, 3.63) is 35.5 Å². The predicted molar refractivity (Wildman–Crippen MR) is 52.6 cm³/mol. The maximum atomic E-state index is 12.5.